The normalized spacial score (nSPS) is 14.8. The first-order valence-electron chi connectivity index (χ1n) is 12.6. The SMILES string of the molecule is O=C(NN1C(=O)CSC1c1cccc([N+](=O)[O-])c1)c1ccc(-n2c(-c3ccccc3)nc3ccccc3c2=O)cc1. The van der Waals surface area contributed by atoms with Crippen molar-refractivity contribution in [3.8, 4) is 17.1 Å². The molecule has 1 fully saturated rings. The molecule has 1 atom stereocenters. The fourth-order valence-electron chi connectivity index (χ4n) is 4.67. The number of thioether (sulfide) groups is 1. The molecule has 11 heteroatoms. The molecule has 0 radical (unpaired) electrons. The van der Waals surface area contributed by atoms with Crippen LogP contribution in [0.2, 0.25) is 0 Å². The van der Waals surface area contributed by atoms with Gasteiger partial charge in [-0.25, -0.2) is 9.99 Å². The summed E-state index contributed by atoms with van der Waals surface area (Å²) in [6, 6.07) is 28.9. The predicted octanol–water partition coefficient (Wildman–Crippen LogP) is 4.88. The van der Waals surface area contributed by atoms with Crippen molar-refractivity contribution in [3.05, 3.63) is 135 Å². The van der Waals surface area contributed by atoms with E-state index in [-0.39, 0.29) is 28.5 Å². The molecule has 1 unspecified atom stereocenters. The van der Waals surface area contributed by atoms with Gasteiger partial charge >= 0.3 is 0 Å². The Hall–Kier alpha value is -5.29. The maximum Gasteiger partial charge on any atom is 0.269 e. The first-order valence-corrected chi connectivity index (χ1v) is 13.6. The smallest absolute Gasteiger partial charge is 0.269 e. The van der Waals surface area contributed by atoms with Gasteiger partial charge in [-0.2, -0.15) is 0 Å². The van der Waals surface area contributed by atoms with Gasteiger partial charge in [0, 0.05) is 23.3 Å². The van der Waals surface area contributed by atoms with Crippen molar-refractivity contribution in [1.29, 1.82) is 0 Å². The number of rotatable bonds is 6. The number of hydrazine groups is 1. The second kappa shape index (κ2) is 10.7. The molecule has 0 aliphatic carbocycles. The average molecular weight is 564 g/mol. The van der Waals surface area contributed by atoms with Crippen LogP contribution in [0.25, 0.3) is 28.0 Å². The number of hydrogen-bond acceptors (Lipinski definition) is 7. The molecular formula is C30H21N5O5S. The number of nitro benzene ring substituents is 1. The number of hydrogen-bond donors (Lipinski definition) is 1. The molecule has 2 amide bonds. The zero-order chi connectivity index (χ0) is 28.5. The molecule has 5 aromatic rings. The van der Waals surface area contributed by atoms with E-state index in [0.29, 0.717) is 28.0 Å². The van der Waals surface area contributed by atoms with E-state index < -0.39 is 16.2 Å². The molecule has 1 aliphatic rings. The van der Waals surface area contributed by atoms with Crippen LogP contribution < -0.4 is 11.0 Å². The summed E-state index contributed by atoms with van der Waals surface area (Å²) < 4.78 is 1.51. The average Bonchev–Trinajstić information content (AvgIpc) is 3.37. The van der Waals surface area contributed by atoms with Crippen LogP contribution in [0, 0.1) is 10.1 Å². The summed E-state index contributed by atoms with van der Waals surface area (Å²) in [6.07, 6.45) is 0. The van der Waals surface area contributed by atoms with Gasteiger partial charge in [0.1, 0.15) is 11.2 Å². The molecule has 2 heterocycles. The summed E-state index contributed by atoms with van der Waals surface area (Å²) in [5.41, 5.74) is 4.95. The zero-order valence-electron chi connectivity index (χ0n) is 21.3. The monoisotopic (exact) mass is 563 g/mol. The van der Waals surface area contributed by atoms with E-state index in [1.54, 1.807) is 54.6 Å². The summed E-state index contributed by atoms with van der Waals surface area (Å²) in [7, 11) is 0. The van der Waals surface area contributed by atoms with Crippen molar-refractivity contribution in [2.24, 2.45) is 0 Å². The van der Waals surface area contributed by atoms with Gasteiger partial charge in [0.15, 0.2) is 0 Å². The maximum atomic E-state index is 13.6. The summed E-state index contributed by atoms with van der Waals surface area (Å²) in [5.74, 6) is -0.272. The van der Waals surface area contributed by atoms with Gasteiger partial charge in [0.05, 0.1) is 27.3 Å². The number of amides is 2. The number of benzene rings is 4. The third-order valence-corrected chi connectivity index (χ3v) is 7.86. The number of nitrogens with one attached hydrogen (secondary N) is 1. The number of para-hydroxylation sites is 1. The lowest BCUT2D eigenvalue weighted by Crippen LogP contribution is -2.44. The van der Waals surface area contributed by atoms with Crippen LogP contribution in [0.4, 0.5) is 5.69 Å². The molecule has 10 nitrogen and oxygen atoms in total. The molecular weight excluding hydrogens is 542 g/mol. The predicted molar refractivity (Wildman–Crippen MR) is 155 cm³/mol. The summed E-state index contributed by atoms with van der Waals surface area (Å²) in [5, 5.41) is 12.3. The highest BCUT2D eigenvalue weighted by molar-refractivity contribution is 8.00. The summed E-state index contributed by atoms with van der Waals surface area (Å²) >= 11 is 1.27. The molecule has 202 valence electrons. The molecule has 0 bridgehead atoms. The van der Waals surface area contributed by atoms with Gasteiger partial charge in [-0.05, 0) is 42.0 Å². The van der Waals surface area contributed by atoms with Gasteiger partial charge in [-0.3, -0.25) is 34.5 Å². The van der Waals surface area contributed by atoms with Gasteiger partial charge in [-0.1, -0.05) is 54.6 Å². The van der Waals surface area contributed by atoms with E-state index in [0.717, 1.165) is 5.56 Å². The van der Waals surface area contributed by atoms with Crippen molar-refractivity contribution in [2.75, 3.05) is 5.75 Å². The summed E-state index contributed by atoms with van der Waals surface area (Å²) in [6.45, 7) is 0. The van der Waals surface area contributed by atoms with Crippen LogP contribution in [0.15, 0.2) is 108 Å². The molecule has 4 aromatic carbocycles. The van der Waals surface area contributed by atoms with Gasteiger partial charge < -0.3 is 0 Å². The number of fused-ring (bicyclic) bond motifs is 1. The highest BCUT2D eigenvalue weighted by Gasteiger charge is 2.35. The number of carbonyl (C=O) groups excluding carboxylic acids is 2. The maximum absolute atomic E-state index is 13.6. The lowest BCUT2D eigenvalue weighted by atomic mass is 10.1. The number of aromatic nitrogens is 2. The summed E-state index contributed by atoms with van der Waals surface area (Å²) in [4.78, 5) is 54.9. The van der Waals surface area contributed by atoms with Crippen LogP contribution in [-0.4, -0.2) is 37.1 Å². The minimum Gasteiger partial charge on any atom is -0.272 e. The van der Waals surface area contributed by atoms with E-state index in [1.807, 2.05) is 36.4 Å². The molecule has 1 aromatic heterocycles. The van der Waals surface area contributed by atoms with E-state index in [1.165, 1.54) is 33.5 Å². The Kier molecular flexibility index (Phi) is 6.78. The quantitative estimate of drug-likeness (QED) is 0.230. The van der Waals surface area contributed by atoms with E-state index >= 15 is 0 Å². The number of nitro groups is 1. The molecule has 41 heavy (non-hydrogen) atoms. The van der Waals surface area contributed by atoms with E-state index in [4.69, 9.17) is 4.98 Å². The van der Waals surface area contributed by atoms with Gasteiger partial charge in [-0.15, -0.1) is 11.8 Å². The van der Waals surface area contributed by atoms with Gasteiger partial charge in [0.25, 0.3) is 23.1 Å². The number of carbonyl (C=O) groups is 2. The first-order chi connectivity index (χ1) is 19.9. The van der Waals surface area contributed by atoms with Crippen molar-refractivity contribution < 1.29 is 14.5 Å². The molecule has 1 aliphatic heterocycles. The lowest BCUT2D eigenvalue weighted by molar-refractivity contribution is -0.384. The highest BCUT2D eigenvalue weighted by Crippen LogP contribution is 2.38. The molecule has 0 saturated carbocycles. The fourth-order valence-corrected chi connectivity index (χ4v) is 5.77. The van der Waals surface area contributed by atoms with Crippen LogP contribution >= 0.6 is 11.8 Å². The van der Waals surface area contributed by atoms with Crippen LogP contribution in [-0.2, 0) is 4.79 Å². The van der Waals surface area contributed by atoms with Crippen LogP contribution in [0.1, 0.15) is 21.3 Å². The third kappa shape index (κ3) is 4.94. The first kappa shape index (κ1) is 26.0. The third-order valence-electron chi connectivity index (χ3n) is 6.65. The highest BCUT2D eigenvalue weighted by atomic mass is 32.2. The molecule has 0 spiro atoms. The molecule has 1 N–H and O–H groups in total. The Labute approximate surface area is 237 Å². The van der Waals surface area contributed by atoms with Crippen LogP contribution in [0.3, 0.4) is 0 Å². The van der Waals surface area contributed by atoms with Crippen molar-refractivity contribution in [3.63, 3.8) is 0 Å². The Morgan fingerprint density at radius 2 is 1.66 bits per heavy atom. The fraction of sp³-hybridized carbons (Fsp3) is 0.0667. The second-order valence-corrected chi connectivity index (χ2v) is 10.3. The van der Waals surface area contributed by atoms with Crippen molar-refractivity contribution >= 4 is 40.2 Å². The number of non-ortho nitro benzene ring substituents is 1. The standard InChI is InChI=1S/C30H21N5O5S/c36-26-18-41-30(21-9-6-10-23(17-21)35(39)40)34(26)32-28(37)20-13-15-22(16-14-20)33-27(19-7-2-1-3-8-19)31-25-12-5-4-11-24(25)29(33)38/h1-17,30H,18H2,(H,32,37). The Balaban J connectivity index is 1.31. The van der Waals surface area contributed by atoms with Crippen molar-refractivity contribution in [1.82, 2.24) is 20.0 Å². The van der Waals surface area contributed by atoms with Crippen LogP contribution in [0.5, 0.6) is 0 Å². The minimum atomic E-state index is -0.610. The minimum absolute atomic E-state index is 0.0994. The Morgan fingerprint density at radius 3 is 2.41 bits per heavy atom. The molecule has 6 rings (SSSR count). The largest absolute Gasteiger partial charge is 0.272 e. The van der Waals surface area contributed by atoms with E-state index in [2.05, 4.69) is 5.43 Å². The zero-order valence-corrected chi connectivity index (χ0v) is 22.2. The molecule has 1 saturated heterocycles. The Morgan fingerprint density at radius 1 is 0.927 bits per heavy atom. The lowest BCUT2D eigenvalue weighted by Gasteiger charge is -2.24. The van der Waals surface area contributed by atoms with Gasteiger partial charge in [0.2, 0.25) is 0 Å². The Bertz CT molecular complexity index is 1870. The second-order valence-electron chi connectivity index (χ2n) is 9.23. The topological polar surface area (TPSA) is 127 Å². The van der Waals surface area contributed by atoms with Crippen molar-refractivity contribution in [2.45, 2.75) is 5.37 Å². The van der Waals surface area contributed by atoms with E-state index in [9.17, 15) is 24.5 Å². The number of nitrogens with zero attached hydrogens (tertiary/aromatic N) is 4.